The van der Waals surface area contributed by atoms with E-state index in [1.54, 1.807) is 0 Å². The average Bonchev–Trinajstić information content (AvgIpc) is 3.14. The van der Waals surface area contributed by atoms with Gasteiger partial charge in [0.2, 0.25) is 0 Å². The first-order valence-corrected chi connectivity index (χ1v) is 7.43. The number of nitrogens with one attached hydrogen (secondary N) is 1. The van der Waals surface area contributed by atoms with Gasteiger partial charge < -0.3 is 14.6 Å². The number of anilines is 1. The largest absolute Gasteiger partial charge is 0.377 e. The fourth-order valence-electron chi connectivity index (χ4n) is 3.74. The molecule has 21 heavy (non-hydrogen) atoms. The molecule has 2 fully saturated rings. The lowest BCUT2D eigenvalue weighted by molar-refractivity contribution is -0.0925. The molecular formula is C16H19N3O2. The normalized spacial score (nSPS) is 29.7. The molecule has 0 bridgehead atoms. The topological polar surface area (TPSA) is 60.2 Å². The van der Waals surface area contributed by atoms with Crippen molar-refractivity contribution in [2.24, 2.45) is 11.3 Å². The Bertz CT molecular complexity index is 638. The Morgan fingerprint density at radius 2 is 2.05 bits per heavy atom. The summed E-state index contributed by atoms with van der Waals surface area (Å²) in [5.41, 5.74) is 1.04. The smallest absolute Gasteiger partial charge is 0.263 e. The van der Waals surface area contributed by atoms with Gasteiger partial charge in [0.25, 0.3) is 11.8 Å². The number of fused-ring (bicyclic) bond motifs is 1. The molecule has 110 valence electrons. The molecule has 1 aliphatic heterocycles. The third-order valence-electron chi connectivity index (χ3n) is 4.83. The van der Waals surface area contributed by atoms with Crippen LogP contribution in [0.25, 0.3) is 11.5 Å². The van der Waals surface area contributed by atoms with Crippen molar-refractivity contribution in [1.82, 2.24) is 10.1 Å². The van der Waals surface area contributed by atoms with Crippen molar-refractivity contribution < 1.29 is 9.26 Å². The predicted molar refractivity (Wildman–Crippen MR) is 78.8 cm³/mol. The number of aromatic nitrogens is 2. The van der Waals surface area contributed by atoms with E-state index in [0.717, 1.165) is 18.6 Å². The second-order valence-corrected chi connectivity index (χ2v) is 6.48. The van der Waals surface area contributed by atoms with Crippen molar-refractivity contribution in [2.45, 2.75) is 32.4 Å². The zero-order valence-corrected chi connectivity index (χ0v) is 12.2. The Kier molecular flexibility index (Phi) is 2.79. The van der Waals surface area contributed by atoms with Gasteiger partial charge in [-0.05, 0) is 23.7 Å². The van der Waals surface area contributed by atoms with E-state index < -0.39 is 0 Å². The number of hydrogen-bond acceptors (Lipinski definition) is 5. The summed E-state index contributed by atoms with van der Waals surface area (Å²) in [5.74, 6) is 1.67. The maximum Gasteiger partial charge on any atom is 0.263 e. The number of rotatable bonds is 3. The Labute approximate surface area is 123 Å². The van der Waals surface area contributed by atoms with Crippen molar-refractivity contribution in [2.75, 3.05) is 11.9 Å². The zero-order valence-electron chi connectivity index (χ0n) is 12.2. The van der Waals surface area contributed by atoms with Crippen molar-refractivity contribution in [3.8, 4) is 11.5 Å². The molecular weight excluding hydrogens is 266 g/mol. The van der Waals surface area contributed by atoms with Gasteiger partial charge in [-0.3, -0.25) is 0 Å². The fraction of sp³-hybridized carbons (Fsp3) is 0.500. The number of ether oxygens (including phenoxy) is 1. The Morgan fingerprint density at radius 3 is 2.86 bits per heavy atom. The lowest BCUT2D eigenvalue weighted by atomic mass is 9.57. The maximum absolute atomic E-state index is 5.81. The molecule has 1 saturated carbocycles. The highest BCUT2D eigenvalue weighted by Crippen LogP contribution is 2.53. The molecule has 1 aromatic carbocycles. The van der Waals surface area contributed by atoms with Crippen LogP contribution in [0.5, 0.6) is 0 Å². The Hall–Kier alpha value is -1.88. The van der Waals surface area contributed by atoms with Crippen LogP contribution in [-0.4, -0.2) is 28.9 Å². The van der Waals surface area contributed by atoms with Crippen LogP contribution in [0, 0.1) is 11.3 Å². The molecule has 5 heteroatoms. The molecule has 1 saturated heterocycles. The number of hydrogen-bond donors (Lipinski definition) is 1. The predicted octanol–water partition coefficient (Wildman–Crippen LogP) is 2.96. The standard InChI is InChI=1S/C16H19N3O2/c1-16(2)12(11-8-9-20-13(11)16)17-15-18-14(21-19-15)10-6-4-3-5-7-10/h3-7,11-13H,8-9H2,1-2H3,(H,17,19). The van der Waals surface area contributed by atoms with E-state index in [4.69, 9.17) is 9.26 Å². The third-order valence-corrected chi connectivity index (χ3v) is 4.83. The summed E-state index contributed by atoms with van der Waals surface area (Å²) in [4.78, 5) is 4.45. The molecule has 3 unspecified atom stereocenters. The van der Waals surface area contributed by atoms with Crippen LogP contribution in [-0.2, 0) is 4.74 Å². The Morgan fingerprint density at radius 1 is 1.24 bits per heavy atom. The highest BCUT2D eigenvalue weighted by Gasteiger charge is 2.59. The fourth-order valence-corrected chi connectivity index (χ4v) is 3.74. The van der Waals surface area contributed by atoms with Crippen molar-refractivity contribution in [3.63, 3.8) is 0 Å². The molecule has 3 atom stereocenters. The Balaban J connectivity index is 1.52. The van der Waals surface area contributed by atoms with E-state index in [0.29, 0.717) is 29.9 Å². The van der Waals surface area contributed by atoms with Gasteiger partial charge in [-0.1, -0.05) is 32.0 Å². The summed E-state index contributed by atoms with van der Waals surface area (Å²) in [7, 11) is 0. The first-order valence-electron chi connectivity index (χ1n) is 7.43. The van der Waals surface area contributed by atoms with Gasteiger partial charge in [-0.15, -0.1) is 0 Å². The molecule has 0 radical (unpaired) electrons. The lowest BCUT2D eigenvalue weighted by Crippen LogP contribution is -2.63. The quantitative estimate of drug-likeness (QED) is 0.939. The van der Waals surface area contributed by atoms with E-state index >= 15 is 0 Å². The first kappa shape index (κ1) is 12.8. The van der Waals surface area contributed by atoms with E-state index in [9.17, 15) is 0 Å². The molecule has 1 aliphatic carbocycles. The van der Waals surface area contributed by atoms with Gasteiger partial charge in [-0.25, -0.2) is 0 Å². The van der Waals surface area contributed by atoms with Crippen LogP contribution in [0.2, 0.25) is 0 Å². The highest BCUT2D eigenvalue weighted by molar-refractivity contribution is 5.53. The van der Waals surface area contributed by atoms with Crippen LogP contribution in [0.3, 0.4) is 0 Å². The van der Waals surface area contributed by atoms with E-state index in [-0.39, 0.29) is 5.41 Å². The second kappa shape index (κ2) is 4.56. The van der Waals surface area contributed by atoms with Gasteiger partial charge in [0, 0.05) is 29.5 Å². The molecule has 5 nitrogen and oxygen atoms in total. The molecule has 1 aromatic heterocycles. The van der Waals surface area contributed by atoms with Crippen LogP contribution < -0.4 is 5.32 Å². The minimum absolute atomic E-state index is 0.106. The average molecular weight is 285 g/mol. The molecule has 2 aromatic rings. The molecule has 4 rings (SSSR count). The third kappa shape index (κ3) is 1.95. The summed E-state index contributed by atoms with van der Waals surface area (Å²) >= 11 is 0. The molecule has 2 aliphatic rings. The summed E-state index contributed by atoms with van der Waals surface area (Å²) in [5, 5.41) is 7.49. The molecule has 0 amide bonds. The van der Waals surface area contributed by atoms with Gasteiger partial charge in [0.05, 0.1) is 6.10 Å². The van der Waals surface area contributed by atoms with Crippen LogP contribution in [0.4, 0.5) is 5.95 Å². The van der Waals surface area contributed by atoms with E-state index in [1.165, 1.54) is 0 Å². The number of benzene rings is 1. The summed E-state index contributed by atoms with van der Waals surface area (Å²) in [6.07, 6.45) is 1.46. The number of nitrogens with zero attached hydrogens (tertiary/aromatic N) is 2. The maximum atomic E-state index is 5.81. The molecule has 1 N–H and O–H groups in total. The van der Waals surface area contributed by atoms with Gasteiger partial charge in [0.1, 0.15) is 0 Å². The van der Waals surface area contributed by atoms with Gasteiger partial charge >= 0.3 is 0 Å². The lowest BCUT2D eigenvalue weighted by Gasteiger charge is -2.54. The second-order valence-electron chi connectivity index (χ2n) is 6.48. The summed E-state index contributed by atoms with van der Waals surface area (Å²) < 4.78 is 11.2. The van der Waals surface area contributed by atoms with E-state index in [2.05, 4.69) is 29.3 Å². The molecule has 0 spiro atoms. The zero-order chi connectivity index (χ0) is 14.4. The molecule has 2 heterocycles. The minimum atomic E-state index is 0.106. The van der Waals surface area contributed by atoms with Gasteiger partial charge in [0.15, 0.2) is 0 Å². The SMILES string of the molecule is CC1(C)C(Nc2noc(-c3ccccc3)n2)C2CCOC21. The summed E-state index contributed by atoms with van der Waals surface area (Å²) in [6, 6.07) is 10.2. The van der Waals surface area contributed by atoms with E-state index in [1.807, 2.05) is 30.3 Å². The first-order chi connectivity index (χ1) is 10.2. The minimum Gasteiger partial charge on any atom is -0.377 e. The van der Waals surface area contributed by atoms with Crippen molar-refractivity contribution in [3.05, 3.63) is 30.3 Å². The highest BCUT2D eigenvalue weighted by atomic mass is 16.5. The van der Waals surface area contributed by atoms with Crippen LogP contribution in [0.1, 0.15) is 20.3 Å². The van der Waals surface area contributed by atoms with Crippen molar-refractivity contribution >= 4 is 5.95 Å². The van der Waals surface area contributed by atoms with Crippen molar-refractivity contribution in [1.29, 1.82) is 0 Å². The monoisotopic (exact) mass is 285 g/mol. The van der Waals surface area contributed by atoms with Crippen LogP contribution in [0.15, 0.2) is 34.9 Å². The van der Waals surface area contributed by atoms with Crippen LogP contribution >= 0.6 is 0 Å². The van der Waals surface area contributed by atoms with Gasteiger partial charge in [-0.2, -0.15) is 4.98 Å². The summed E-state index contributed by atoms with van der Waals surface area (Å²) in [6.45, 7) is 5.32.